The molecule has 4 heterocycles. The first-order valence-corrected chi connectivity index (χ1v) is 15.4. The average Bonchev–Trinajstić information content (AvgIpc) is 3.67. The molecule has 6 rings (SSSR count). The third-order valence-corrected chi connectivity index (χ3v) is 7.83. The molecule has 1 saturated heterocycles. The van der Waals surface area contributed by atoms with Crippen LogP contribution in [0.1, 0.15) is 63.5 Å². The maximum atomic E-state index is 4.78. The quantitative estimate of drug-likeness (QED) is 0.181. The number of nitrogens with one attached hydrogen (secondary N) is 1. The van der Waals surface area contributed by atoms with Crippen LogP contribution in [0.4, 0.5) is 0 Å². The number of unbranched alkanes of at least 4 members (excludes halogenated alkanes) is 2. The van der Waals surface area contributed by atoms with Crippen molar-refractivity contribution in [1.29, 1.82) is 0 Å². The molecule has 0 spiro atoms. The molecule has 1 aliphatic rings. The van der Waals surface area contributed by atoms with Crippen molar-refractivity contribution in [3.8, 4) is 22.3 Å². The van der Waals surface area contributed by atoms with Crippen molar-refractivity contribution in [3.05, 3.63) is 84.4 Å². The van der Waals surface area contributed by atoms with Crippen LogP contribution >= 0.6 is 0 Å². The van der Waals surface area contributed by atoms with Crippen LogP contribution in [-0.2, 0) is 6.54 Å². The van der Waals surface area contributed by atoms with Crippen molar-refractivity contribution in [1.82, 2.24) is 29.8 Å². The number of aryl methyl sites for hydroxylation is 1. The zero-order chi connectivity index (χ0) is 28.4. The molecular weight excluding hydrogens is 504 g/mol. The summed E-state index contributed by atoms with van der Waals surface area (Å²) < 4.78 is 1.87. The number of fused-ring (bicyclic) bond motifs is 2. The highest BCUT2D eigenvalue weighted by Gasteiger charge is 2.15. The Morgan fingerprint density at radius 2 is 1.63 bits per heavy atom. The van der Waals surface area contributed by atoms with E-state index in [4.69, 9.17) is 4.98 Å². The van der Waals surface area contributed by atoms with Gasteiger partial charge in [-0.3, -0.25) is 9.88 Å². The molecule has 1 N–H and O–H groups in total. The largest absolute Gasteiger partial charge is 0.317 e. The highest BCUT2D eigenvalue weighted by Crippen LogP contribution is 2.31. The summed E-state index contributed by atoms with van der Waals surface area (Å²) >= 11 is 0. The Kier molecular flexibility index (Phi) is 10.1. The van der Waals surface area contributed by atoms with Gasteiger partial charge in [-0.1, -0.05) is 68.7 Å². The molecule has 0 amide bonds. The second kappa shape index (κ2) is 14.3. The molecule has 0 radical (unpaired) electrons. The first-order chi connectivity index (χ1) is 20.2. The van der Waals surface area contributed by atoms with Crippen LogP contribution in [0.2, 0.25) is 0 Å². The summed E-state index contributed by atoms with van der Waals surface area (Å²) in [7, 11) is 0. The minimum atomic E-state index is 0.856. The monoisotopic (exact) mass is 548 g/mol. The van der Waals surface area contributed by atoms with E-state index in [1.165, 1.54) is 75.8 Å². The molecule has 0 bridgehead atoms. The van der Waals surface area contributed by atoms with Gasteiger partial charge in [0, 0.05) is 41.6 Å². The van der Waals surface area contributed by atoms with Crippen LogP contribution in [0.15, 0.2) is 73.3 Å². The number of aromatic nitrogens is 4. The summed E-state index contributed by atoms with van der Waals surface area (Å²) in [5.41, 5.74) is 8.79. The van der Waals surface area contributed by atoms with E-state index in [2.05, 4.69) is 89.6 Å². The Morgan fingerprint density at radius 3 is 2.41 bits per heavy atom. The van der Waals surface area contributed by atoms with Crippen LogP contribution in [0.5, 0.6) is 0 Å². The van der Waals surface area contributed by atoms with E-state index < -0.39 is 0 Å². The molecule has 0 unspecified atom stereocenters. The standard InChI is InChI=1S/C27H25N5.C8H19N/c1-19-4-7-21(8-5-19)22-15-29-27-25(16-30-32(27)18-22)23-10-11-28-26-14-20(6-9-24(23)26)17-31-12-2-3-13-31;1-3-5-6-8-9-7-4-2/h4-11,14-16,18H,2-3,12-13,17H2,1H3;9H,3-8H2,1-2H3. The maximum absolute atomic E-state index is 4.78. The molecule has 6 nitrogen and oxygen atoms in total. The van der Waals surface area contributed by atoms with Crippen molar-refractivity contribution >= 4 is 16.6 Å². The Morgan fingerprint density at radius 1 is 0.805 bits per heavy atom. The lowest BCUT2D eigenvalue weighted by molar-refractivity contribution is 0.331. The predicted octanol–water partition coefficient (Wildman–Crippen LogP) is 7.69. The number of hydrogen-bond donors (Lipinski definition) is 1. The molecule has 1 fully saturated rings. The van der Waals surface area contributed by atoms with Crippen molar-refractivity contribution in [2.75, 3.05) is 26.2 Å². The lowest BCUT2D eigenvalue weighted by Gasteiger charge is -2.15. The molecule has 1 aliphatic heterocycles. The first-order valence-electron chi connectivity index (χ1n) is 15.4. The predicted molar refractivity (Wildman–Crippen MR) is 171 cm³/mol. The van der Waals surface area contributed by atoms with Gasteiger partial charge >= 0.3 is 0 Å². The molecule has 41 heavy (non-hydrogen) atoms. The van der Waals surface area contributed by atoms with E-state index in [-0.39, 0.29) is 0 Å². The fraction of sp³-hybridized carbons (Fsp3) is 0.400. The van der Waals surface area contributed by atoms with Gasteiger partial charge in [0.05, 0.1) is 11.7 Å². The molecule has 0 saturated carbocycles. The molecule has 3 aromatic heterocycles. The van der Waals surface area contributed by atoms with E-state index >= 15 is 0 Å². The van der Waals surface area contributed by atoms with Crippen molar-refractivity contribution in [3.63, 3.8) is 0 Å². The van der Waals surface area contributed by atoms with E-state index in [1.807, 2.05) is 29.3 Å². The van der Waals surface area contributed by atoms with Gasteiger partial charge in [0.25, 0.3) is 0 Å². The molecule has 6 heteroatoms. The van der Waals surface area contributed by atoms with Gasteiger partial charge in [-0.15, -0.1) is 0 Å². The van der Waals surface area contributed by atoms with Gasteiger partial charge < -0.3 is 5.32 Å². The van der Waals surface area contributed by atoms with Crippen molar-refractivity contribution in [2.24, 2.45) is 0 Å². The smallest absolute Gasteiger partial charge is 0.162 e. The lowest BCUT2D eigenvalue weighted by Crippen LogP contribution is -2.18. The number of benzene rings is 2. The highest BCUT2D eigenvalue weighted by atomic mass is 15.2. The molecule has 214 valence electrons. The van der Waals surface area contributed by atoms with Gasteiger partial charge in [-0.2, -0.15) is 5.10 Å². The third kappa shape index (κ3) is 7.38. The number of pyridine rings is 1. The molecule has 0 atom stereocenters. The Hall–Kier alpha value is -3.61. The summed E-state index contributed by atoms with van der Waals surface area (Å²) in [6, 6.07) is 17.2. The van der Waals surface area contributed by atoms with Gasteiger partial charge in [-0.25, -0.2) is 9.50 Å². The van der Waals surface area contributed by atoms with E-state index in [9.17, 15) is 0 Å². The molecule has 0 aliphatic carbocycles. The van der Waals surface area contributed by atoms with Crippen LogP contribution in [0.3, 0.4) is 0 Å². The van der Waals surface area contributed by atoms with Crippen LogP contribution < -0.4 is 5.32 Å². The molecule has 2 aromatic carbocycles. The Balaban J connectivity index is 0.000000327. The minimum Gasteiger partial charge on any atom is -0.317 e. The molecule has 5 aromatic rings. The summed E-state index contributed by atoms with van der Waals surface area (Å²) in [5.74, 6) is 0. The second-order valence-corrected chi connectivity index (χ2v) is 11.2. The highest BCUT2D eigenvalue weighted by molar-refractivity contribution is 5.97. The number of rotatable bonds is 10. The van der Waals surface area contributed by atoms with Gasteiger partial charge in [0.15, 0.2) is 5.65 Å². The minimum absolute atomic E-state index is 0.856. The number of likely N-dealkylation sites (tertiary alicyclic amines) is 1. The first kappa shape index (κ1) is 28.9. The summed E-state index contributed by atoms with van der Waals surface area (Å²) in [6.45, 7) is 12.3. The lowest BCUT2D eigenvalue weighted by atomic mass is 10.0. The number of hydrogen-bond acceptors (Lipinski definition) is 5. The third-order valence-electron chi connectivity index (χ3n) is 7.83. The SMILES string of the molecule is CCCCCNCCC.Cc1ccc(-c2cnc3c(-c4ccnc5cc(CN6CCCC6)ccc45)cnn3c2)cc1. The normalized spacial score (nSPS) is 13.5. The topological polar surface area (TPSA) is 58.4 Å². The zero-order valence-corrected chi connectivity index (χ0v) is 24.9. The Labute approximate surface area is 244 Å². The van der Waals surface area contributed by atoms with E-state index in [1.54, 1.807) is 0 Å². The van der Waals surface area contributed by atoms with Crippen LogP contribution in [0, 0.1) is 6.92 Å². The van der Waals surface area contributed by atoms with Gasteiger partial charge in [0.2, 0.25) is 0 Å². The maximum Gasteiger partial charge on any atom is 0.162 e. The summed E-state index contributed by atoms with van der Waals surface area (Å²) in [6.07, 6.45) is 15.7. The van der Waals surface area contributed by atoms with Crippen molar-refractivity contribution < 1.29 is 0 Å². The van der Waals surface area contributed by atoms with E-state index in [0.717, 1.165) is 45.3 Å². The second-order valence-electron chi connectivity index (χ2n) is 11.2. The fourth-order valence-corrected chi connectivity index (χ4v) is 5.49. The summed E-state index contributed by atoms with van der Waals surface area (Å²) in [5, 5.41) is 9.12. The van der Waals surface area contributed by atoms with Gasteiger partial charge in [0.1, 0.15) is 0 Å². The molecular formula is C35H44N6. The van der Waals surface area contributed by atoms with Crippen LogP contribution in [0.25, 0.3) is 38.8 Å². The Bertz CT molecular complexity index is 1530. The summed E-state index contributed by atoms with van der Waals surface area (Å²) in [4.78, 5) is 12.0. The van der Waals surface area contributed by atoms with Gasteiger partial charge in [-0.05, 0) is 87.6 Å². The van der Waals surface area contributed by atoms with Crippen molar-refractivity contribution in [2.45, 2.75) is 65.8 Å². The fourth-order valence-electron chi connectivity index (χ4n) is 5.49. The van der Waals surface area contributed by atoms with E-state index in [0.29, 0.717) is 0 Å². The van der Waals surface area contributed by atoms with Crippen LogP contribution in [-0.4, -0.2) is 50.7 Å². The zero-order valence-electron chi connectivity index (χ0n) is 24.9. The average molecular weight is 549 g/mol. The number of nitrogens with zero attached hydrogens (tertiary/aromatic N) is 5.